The van der Waals surface area contributed by atoms with Crippen molar-refractivity contribution in [2.45, 2.75) is 19.3 Å². The normalized spacial score (nSPS) is 18.4. The fraction of sp³-hybridized carbons (Fsp3) is 0.571. The molecule has 2 rings (SSSR count). The van der Waals surface area contributed by atoms with E-state index in [0.717, 1.165) is 12.1 Å². The number of halogens is 3. The van der Waals surface area contributed by atoms with Gasteiger partial charge < -0.3 is 5.73 Å². The van der Waals surface area contributed by atoms with Crippen molar-refractivity contribution < 1.29 is 13.2 Å². The van der Waals surface area contributed by atoms with Gasteiger partial charge in [0.25, 0.3) is 0 Å². The maximum Gasteiger partial charge on any atom is 0.401 e. The summed E-state index contributed by atoms with van der Waals surface area (Å²) < 4.78 is 36.9. The zero-order valence-electron chi connectivity index (χ0n) is 11.4. The molecule has 1 saturated heterocycles. The first-order chi connectivity index (χ1) is 9.46. The summed E-state index contributed by atoms with van der Waals surface area (Å²) in [6.07, 6.45) is -4.10. The van der Waals surface area contributed by atoms with E-state index in [1.165, 1.54) is 10.5 Å². The van der Waals surface area contributed by atoms with Gasteiger partial charge in [-0.05, 0) is 11.1 Å². The van der Waals surface area contributed by atoms with E-state index < -0.39 is 12.7 Å². The third kappa shape index (κ3) is 4.77. The van der Waals surface area contributed by atoms with Crippen LogP contribution in [0.1, 0.15) is 11.1 Å². The highest BCUT2D eigenvalue weighted by atomic mass is 19.4. The van der Waals surface area contributed by atoms with Crippen LogP contribution in [0.3, 0.4) is 0 Å². The molecule has 2 N–H and O–H groups in total. The summed E-state index contributed by atoms with van der Waals surface area (Å²) in [4.78, 5) is 3.65. The van der Waals surface area contributed by atoms with E-state index in [0.29, 0.717) is 32.7 Å². The Balaban J connectivity index is 1.79. The average Bonchev–Trinajstić information content (AvgIpc) is 2.40. The van der Waals surface area contributed by atoms with E-state index in [2.05, 4.69) is 4.90 Å². The monoisotopic (exact) mass is 287 g/mol. The Morgan fingerprint density at radius 1 is 0.900 bits per heavy atom. The Labute approximate surface area is 117 Å². The molecule has 1 aromatic rings. The van der Waals surface area contributed by atoms with Crippen LogP contribution < -0.4 is 5.73 Å². The van der Waals surface area contributed by atoms with Crippen molar-refractivity contribution in [3.05, 3.63) is 35.4 Å². The lowest BCUT2D eigenvalue weighted by Gasteiger charge is -2.35. The Morgan fingerprint density at radius 3 is 1.90 bits per heavy atom. The lowest BCUT2D eigenvalue weighted by atomic mass is 10.1. The molecule has 3 nitrogen and oxygen atoms in total. The fourth-order valence-corrected chi connectivity index (χ4v) is 2.40. The molecule has 0 spiro atoms. The lowest BCUT2D eigenvalue weighted by molar-refractivity contribution is -0.149. The molecular formula is C14H20F3N3. The highest BCUT2D eigenvalue weighted by Crippen LogP contribution is 2.18. The maximum atomic E-state index is 12.3. The standard InChI is InChI=1S/C14H20F3N3/c15-14(16,17)11-20-7-5-19(6-8-20)10-13-3-1-12(9-18)2-4-13/h1-4H,5-11,18H2. The van der Waals surface area contributed by atoms with E-state index in [9.17, 15) is 13.2 Å². The molecule has 20 heavy (non-hydrogen) atoms. The van der Waals surface area contributed by atoms with Gasteiger partial charge in [0.15, 0.2) is 0 Å². The number of benzene rings is 1. The fourth-order valence-electron chi connectivity index (χ4n) is 2.40. The SMILES string of the molecule is NCc1ccc(CN2CCN(CC(F)(F)F)CC2)cc1. The molecular weight excluding hydrogens is 267 g/mol. The summed E-state index contributed by atoms with van der Waals surface area (Å²) in [5.41, 5.74) is 7.80. The van der Waals surface area contributed by atoms with Gasteiger partial charge in [-0.25, -0.2) is 0 Å². The second-order valence-electron chi connectivity index (χ2n) is 5.19. The summed E-state index contributed by atoms with van der Waals surface area (Å²) in [7, 11) is 0. The first-order valence-corrected chi connectivity index (χ1v) is 6.75. The van der Waals surface area contributed by atoms with Crippen LogP contribution in [0.25, 0.3) is 0 Å². The number of nitrogens with zero attached hydrogens (tertiary/aromatic N) is 2. The van der Waals surface area contributed by atoms with Crippen LogP contribution in [-0.2, 0) is 13.1 Å². The van der Waals surface area contributed by atoms with Crippen molar-refractivity contribution >= 4 is 0 Å². The zero-order chi connectivity index (χ0) is 14.6. The summed E-state index contributed by atoms with van der Waals surface area (Å²) in [6, 6.07) is 8.05. The van der Waals surface area contributed by atoms with Crippen LogP contribution in [0.4, 0.5) is 13.2 Å². The molecule has 1 fully saturated rings. The summed E-state index contributed by atoms with van der Waals surface area (Å²) >= 11 is 0. The molecule has 0 amide bonds. The molecule has 0 saturated carbocycles. The van der Waals surface area contributed by atoms with Crippen LogP contribution in [0, 0.1) is 0 Å². The first kappa shape index (κ1) is 15.3. The molecule has 0 radical (unpaired) electrons. The van der Waals surface area contributed by atoms with Crippen LogP contribution in [0.15, 0.2) is 24.3 Å². The van der Waals surface area contributed by atoms with E-state index in [4.69, 9.17) is 5.73 Å². The number of alkyl halides is 3. The van der Waals surface area contributed by atoms with E-state index in [1.54, 1.807) is 0 Å². The topological polar surface area (TPSA) is 32.5 Å². The minimum atomic E-state index is -4.10. The van der Waals surface area contributed by atoms with Gasteiger partial charge in [0.2, 0.25) is 0 Å². The van der Waals surface area contributed by atoms with Crippen LogP contribution in [0.5, 0.6) is 0 Å². The van der Waals surface area contributed by atoms with Crippen LogP contribution in [-0.4, -0.2) is 48.7 Å². The first-order valence-electron chi connectivity index (χ1n) is 6.75. The number of nitrogens with two attached hydrogens (primary N) is 1. The van der Waals surface area contributed by atoms with Crippen molar-refractivity contribution in [2.24, 2.45) is 5.73 Å². The smallest absolute Gasteiger partial charge is 0.326 e. The maximum absolute atomic E-state index is 12.3. The van der Waals surface area contributed by atoms with Crippen molar-refractivity contribution in [1.29, 1.82) is 0 Å². The van der Waals surface area contributed by atoms with E-state index >= 15 is 0 Å². The minimum Gasteiger partial charge on any atom is -0.326 e. The highest BCUT2D eigenvalue weighted by Gasteiger charge is 2.31. The Morgan fingerprint density at radius 2 is 1.40 bits per heavy atom. The summed E-state index contributed by atoms with van der Waals surface area (Å²) in [5.74, 6) is 0. The van der Waals surface area contributed by atoms with E-state index in [-0.39, 0.29) is 0 Å². The minimum absolute atomic E-state index is 0.473. The Bertz CT molecular complexity index is 409. The molecule has 0 aromatic heterocycles. The molecule has 0 unspecified atom stereocenters. The average molecular weight is 287 g/mol. The third-order valence-corrected chi connectivity index (χ3v) is 3.53. The number of hydrogen-bond acceptors (Lipinski definition) is 3. The van der Waals surface area contributed by atoms with Crippen LogP contribution >= 0.6 is 0 Å². The van der Waals surface area contributed by atoms with Crippen molar-refractivity contribution in [3.63, 3.8) is 0 Å². The third-order valence-electron chi connectivity index (χ3n) is 3.53. The van der Waals surface area contributed by atoms with Crippen molar-refractivity contribution in [2.75, 3.05) is 32.7 Å². The van der Waals surface area contributed by atoms with Gasteiger partial charge in [0, 0.05) is 39.3 Å². The molecule has 0 bridgehead atoms. The highest BCUT2D eigenvalue weighted by molar-refractivity contribution is 5.22. The Hall–Kier alpha value is -1.11. The molecule has 0 atom stereocenters. The molecule has 6 heteroatoms. The molecule has 1 aliphatic rings. The molecule has 1 aromatic carbocycles. The largest absolute Gasteiger partial charge is 0.401 e. The molecule has 1 heterocycles. The molecule has 0 aliphatic carbocycles. The van der Waals surface area contributed by atoms with Gasteiger partial charge in [-0.3, -0.25) is 9.80 Å². The number of rotatable bonds is 4. The van der Waals surface area contributed by atoms with Gasteiger partial charge in [-0.1, -0.05) is 24.3 Å². The van der Waals surface area contributed by atoms with Crippen molar-refractivity contribution in [1.82, 2.24) is 9.80 Å². The molecule has 112 valence electrons. The Kier molecular flexibility index (Phi) is 5.01. The van der Waals surface area contributed by atoms with Gasteiger partial charge in [-0.15, -0.1) is 0 Å². The zero-order valence-corrected chi connectivity index (χ0v) is 11.4. The van der Waals surface area contributed by atoms with E-state index in [1.807, 2.05) is 24.3 Å². The van der Waals surface area contributed by atoms with Gasteiger partial charge in [0.1, 0.15) is 0 Å². The van der Waals surface area contributed by atoms with Gasteiger partial charge in [0.05, 0.1) is 6.54 Å². The number of piperazine rings is 1. The second kappa shape index (κ2) is 6.56. The summed E-state index contributed by atoms with van der Waals surface area (Å²) in [6.45, 7) is 2.80. The predicted octanol–water partition coefficient (Wildman–Crippen LogP) is 1.83. The van der Waals surface area contributed by atoms with Gasteiger partial charge in [-0.2, -0.15) is 13.2 Å². The number of hydrogen-bond donors (Lipinski definition) is 1. The second-order valence-corrected chi connectivity index (χ2v) is 5.19. The van der Waals surface area contributed by atoms with Crippen molar-refractivity contribution in [3.8, 4) is 0 Å². The quantitative estimate of drug-likeness (QED) is 0.917. The summed E-state index contributed by atoms with van der Waals surface area (Å²) in [5, 5.41) is 0. The predicted molar refractivity (Wildman–Crippen MR) is 72.1 cm³/mol. The van der Waals surface area contributed by atoms with Gasteiger partial charge >= 0.3 is 6.18 Å². The van der Waals surface area contributed by atoms with Crippen LogP contribution in [0.2, 0.25) is 0 Å². The molecule has 1 aliphatic heterocycles. The lowest BCUT2D eigenvalue weighted by Crippen LogP contribution is -2.48.